The Kier molecular flexibility index (Phi) is 5.25. The van der Waals surface area contributed by atoms with Crippen LogP contribution < -0.4 is 5.43 Å². The summed E-state index contributed by atoms with van der Waals surface area (Å²) < 4.78 is 1.75. The number of hydrogen-bond acceptors (Lipinski definition) is 5. The molecule has 4 rings (SSSR count). The number of carbonyl (C=O) groups excluding carboxylic acids is 1. The van der Waals surface area contributed by atoms with E-state index in [1.54, 1.807) is 4.68 Å². The first-order valence-corrected chi connectivity index (χ1v) is 9.17. The van der Waals surface area contributed by atoms with Gasteiger partial charge < -0.3 is 10.2 Å². The lowest BCUT2D eigenvalue weighted by Crippen LogP contribution is -2.17. The van der Waals surface area contributed by atoms with Gasteiger partial charge in [0.05, 0.1) is 11.9 Å². The molecule has 0 aliphatic rings. The topological polar surface area (TPSA) is 99.7 Å². The number of phenols is 2. The molecule has 0 fully saturated rings. The summed E-state index contributed by atoms with van der Waals surface area (Å²) in [4.78, 5) is 12.3. The highest BCUT2D eigenvalue weighted by Crippen LogP contribution is 2.23. The first kappa shape index (κ1) is 18.9. The molecule has 0 saturated carbocycles. The van der Waals surface area contributed by atoms with Gasteiger partial charge in [0.1, 0.15) is 17.2 Å². The smallest absolute Gasteiger partial charge is 0.271 e. The minimum atomic E-state index is -0.561. The molecule has 0 aliphatic heterocycles. The Bertz CT molecular complexity index is 1180. The van der Waals surface area contributed by atoms with Crippen molar-refractivity contribution in [2.75, 3.05) is 0 Å². The maximum absolute atomic E-state index is 12.3. The minimum Gasteiger partial charge on any atom is -0.508 e. The highest BCUT2D eigenvalue weighted by Gasteiger charge is 2.12. The number of carbonyl (C=O) groups is 1. The van der Waals surface area contributed by atoms with Crippen LogP contribution in [0.2, 0.25) is 0 Å². The molecule has 30 heavy (non-hydrogen) atoms. The van der Waals surface area contributed by atoms with Gasteiger partial charge in [-0.25, -0.2) is 10.1 Å². The quantitative estimate of drug-likeness (QED) is 0.352. The molecule has 148 valence electrons. The first-order chi connectivity index (χ1) is 14.6. The van der Waals surface area contributed by atoms with E-state index in [1.165, 1.54) is 18.3 Å². The first-order valence-electron chi connectivity index (χ1n) is 9.17. The second kappa shape index (κ2) is 8.32. The summed E-state index contributed by atoms with van der Waals surface area (Å²) in [6.45, 7) is 0. The van der Waals surface area contributed by atoms with Crippen LogP contribution in [0.15, 0.2) is 90.2 Å². The molecule has 0 spiro atoms. The molecule has 7 nitrogen and oxygen atoms in total. The van der Waals surface area contributed by atoms with Crippen LogP contribution in [-0.2, 0) is 0 Å². The normalized spacial score (nSPS) is 10.9. The standard InChI is InChI=1S/C23H18N4O3/c28-20-11-17(12-21(29)13-20)23(30)25-24-14-18-15-27(19-9-5-2-6-10-19)26-22(18)16-7-3-1-4-8-16/h1-15,28-29H,(H,25,30)/b24-14-. The van der Waals surface area contributed by atoms with Gasteiger partial charge in [0, 0.05) is 29.0 Å². The number of phenolic OH excluding ortho intramolecular Hbond substituents is 2. The van der Waals surface area contributed by atoms with Gasteiger partial charge in [-0.2, -0.15) is 10.2 Å². The number of aromatic nitrogens is 2. The molecular weight excluding hydrogens is 380 g/mol. The fourth-order valence-corrected chi connectivity index (χ4v) is 2.97. The fourth-order valence-electron chi connectivity index (χ4n) is 2.97. The molecular formula is C23H18N4O3. The van der Waals surface area contributed by atoms with Crippen molar-refractivity contribution in [2.24, 2.45) is 5.10 Å². The van der Waals surface area contributed by atoms with Crippen LogP contribution in [0.3, 0.4) is 0 Å². The van der Waals surface area contributed by atoms with Gasteiger partial charge in [0.15, 0.2) is 0 Å². The van der Waals surface area contributed by atoms with Gasteiger partial charge in [0.2, 0.25) is 0 Å². The van der Waals surface area contributed by atoms with Crippen molar-refractivity contribution in [3.63, 3.8) is 0 Å². The molecule has 1 amide bonds. The summed E-state index contributed by atoms with van der Waals surface area (Å²) in [5.74, 6) is -0.978. The number of aromatic hydroxyl groups is 2. The molecule has 0 atom stereocenters. The second-order valence-electron chi connectivity index (χ2n) is 6.52. The maximum atomic E-state index is 12.3. The van der Waals surface area contributed by atoms with E-state index in [-0.39, 0.29) is 17.1 Å². The lowest BCUT2D eigenvalue weighted by atomic mass is 10.1. The zero-order valence-electron chi connectivity index (χ0n) is 15.8. The van der Waals surface area contributed by atoms with Crippen LogP contribution in [-0.4, -0.2) is 32.1 Å². The van der Waals surface area contributed by atoms with Crippen molar-refractivity contribution in [2.45, 2.75) is 0 Å². The van der Waals surface area contributed by atoms with E-state index < -0.39 is 5.91 Å². The Morgan fingerprint density at radius 2 is 1.57 bits per heavy atom. The molecule has 0 aliphatic carbocycles. The molecule has 0 unspecified atom stereocenters. The van der Waals surface area contributed by atoms with E-state index in [0.717, 1.165) is 17.3 Å². The molecule has 3 N–H and O–H groups in total. The van der Waals surface area contributed by atoms with E-state index in [0.29, 0.717) is 11.3 Å². The van der Waals surface area contributed by atoms with Crippen LogP contribution in [0.5, 0.6) is 11.5 Å². The number of hydrogen-bond donors (Lipinski definition) is 3. The van der Waals surface area contributed by atoms with Crippen LogP contribution in [0, 0.1) is 0 Å². The summed E-state index contributed by atoms with van der Waals surface area (Å²) in [5.41, 5.74) is 5.73. The zero-order chi connectivity index (χ0) is 20.9. The Morgan fingerprint density at radius 1 is 0.933 bits per heavy atom. The molecule has 1 aromatic heterocycles. The summed E-state index contributed by atoms with van der Waals surface area (Å²) in [6, 6.07) is 23.0. The molecule has 7 heteroatoms. The van der Waals surface area contributed by atoms with E-state index in [2.05, 4.69) is 15.6 Å². The summed E-state index contributed by atoms with van der Waals surface area (Å²) in [7, 11) is 0. The number of benzene rings is 3. The van der Waals surface area contributed by atoms with Crippen molar-refractivity contribution in [1.82, 2.24) is 15.2 Å². The SMILES string of the molecule is O=C(N/N=C\c1cn(-c2ccccc2)nc1-c1ccccc1)c1cc(O)cc(O)c1. The zero-order valence-corrected chi connectivity index (χ0v) is 15.8. The van der Waals surface area contributed by atoms with Crippen LogP contribution >= 0.6 is 0 Å². The molecule has 0 radical (unpaired) electrons. The fraction of sp³-hybridized carbons (Fsp3) is 0. The lowest BCUT2D eigenvalue weighted by molar-refractivity contribution is 0.0954. The largest absolute Gasteiger partial charge is 0.508 e. The average molecular weight is 398 g/mol. The van der Waals surface area contributed by atoms with Crippen LogP contribution in [0.4, 0.5) is 0 Å². The number of nitrogens with one attached hydrogen (secondary N) is 1. The summed E-state index contributed by atoms with van der Waals surface area (Å²) in [5, 5.41) is 27.8. The van der Waals surface area contributed by atoms with E-state index in [9.17, 15) is 15.0 Å². The van der Waals surface area contributed by atoms with E-state index in [4.69, 9.17) is 0 Å². The Hall–Kier alpha value is -4.39. The summed E-state index contributed by atoms with van der Waals surface area (Å²) >= 11 is 0. The van der Waals surface area contributed by atoms with Gasteiger partial charge in [-0.05, 0) is 24.3 Å². The number of rotatable bonds is 5. The van der Waals surface area contributed by atoms with E-state index >= 15 is 0 Å². The van der Waals surface area contributed by atoms with Crippen molar-refractivity contribution < 1.29 is 15.0 Å². The van der Waals surface area contributed by atoms with Crippen LogP contribution in [0.25, 0.3) is 16.9 Å². The third-order valence-corrected chi connectivity index (χ3v) is 4.34. The second-order valence-corrected chi connectivity index (χ2v) is 6.52. The third kappa shape index (κ3) is 4.20. The highest BCUT2D eigenvalue weighted by atomic mass is 16.3. The molecule has 0 saturated heterocycles. The lowest BCUT2D eigenvalue weighted by Gasteiger charge is -2.02. The molecule has 4 aromatic rings. The molecule has 3 aromatic carbocycles. The van der Waals surface area contributed by atoms with Crippen molar-refractivity contribution in [3.05, 3.63) is 96.2 Å². The Labute approximate surface area is 172 Å². The third-order valence-electron chi connectivity index (χ3n) is 4.34. The van der Waals surface area contributed by atoms with E-state index in [1.807, 2.05) is 66.9 Å². The van der Waals surface area contributed by atoms with Gasteiger partial charge in [0.25, 0.3) is 5.91 Å². The minimum absolute atomic E-state index is 0.0907. The number of amides is 1. The molecule has 0 bridgehead atoms. The van der Waals surface area contributed by atoms with Crippen molar-refractivity contribution >= 4 is 12.1 Å². The Morgan fingerprint density at radius 3 is 2.23 bits per heavy atom. The number of nitrogens with zero attached hydrogens (tertiary/aromatic N) is 3. The van der Waals surface area contributed by atoms with Gasteiger partial charge in [-0.15, -0.1) is 0 Å². The number of hydrazone groups is 1. The van der Waals surface area contributed by atoms with Crippen molar-refractivity contribution in [3.8, 4) is 28.4 Å². The van der Waals surface area contributed by atoms with Gasteiger partial charge in [-0.3, -0.25) is 4.79 Å². The van der Waals surface area contributed by atoms with Gasteiger partial charge in [-0.1, -0.05) is 48.5 Å². The highest BCUT2D eigenvalue weighted by molar-refractivity contribution is 5.96. The van der Waals surface area contributed by atoms with Crippen molar-refractivity contribution in [1.29, 1.82) is 0 Å². The Balaban J connectivity index is 1.62. The van der Waals surface area contributed by atoms with Crippen LogP contribution in [0.1, 0.15) is 15.9 Å². The maximum Gasteiger partial charge on any atom is 0.271 e. The predicted octanol–water partition coefficient (Wildman–Crippen LogP) is 3.71. The number of para-hydroxylation sites is 1. The average Bonchev–Trinajstić information content (AvgIpc) is 3.18. The molecule has 1 heterocycles. The summed E-state index contributed by atoms with van der Waals surface area (Å²) in [6.07, 6.45) is 3.34. The monoisotopic (exact) mass is 398 g/mol. The van der Waals surface area contributed by atoms with Gasteiger partial charge >= 0.3 is 0 Å². The predicted molar refractivity (Wildman–Crippen MR) is 114 cm³/mol.